The standard InChI is InChI=1S/C27H43N3O10S/c1-29-26-21(28-27(29)35)19-41-22(26)7-3-2-5-20(31)6-4-11-36-13-15-38-17-18-39-16-14-37-12-10-25(34)40-30-23(32)8-9-24(30)33/h21-22,26H,2-19H2,1H3,(H,28,35)/t21-,22-,26-/m0/s1. The first-order chi connectivity index (χ1) is 19.9. The topological polar surface area (TPSA) is 150 Å². The first-order valence-corrected chi connectivity index (χ1v) is 15.5. The number of ketones is 1. The number of thioether (sulfide) groups is 1. The maximum Gasteiger partial charge on any atom is 0.335 e. The van der Waals surface area contributed by atoms with Gasteiger partial charge >= 0.3 is 12.0 Å². The van der Waals surface area contributed by atoms with Gasteiger partial charge in [0.05, 0.1) is 64.8 Å². The van der Waals surface area contributed by atoms with Crippen molar-refractivity contribution < 1.29 is 47.8 Å². The van der Waals surface area contributed by atoms with Gasteiger partial charge < -0.3 is 34.0 Å². The first-order valence-electron chi connectivity index (χ1n) is 14.4. The second kappa shape index (κ2) is 18.3. The number of carbonyl (C=O) groups excluding carboxylic acids is 5. The fourth-order valence-electron chi connectivity index (χ4n) is 4.87. The van der Waals surface area contributed by atoms with Crippen molar-refractivity contribution >= 4 is 41.4 Å². The number of unbranched alkanes of at least 4 members (excludes halogenated alkanes) is 1. The Morgan fingerprint density at radius 3 is 2.05 bits per heavy atom. The van der Waals surface area contributed by atoms with Gasteiger partial charge in [-0.2, -0.15) is 11.8 Å². The van der Waals surface area contributed by atoms with Crippen LogP contribution in [-0.2, 0) is 43.0 Å². The van der Waals surface area contributed by atoms with Crippen LogP contribution in [0, 0.1) is 0 Å². The molecule has 0 aromatic carbocycles. The predicted octanol–water partition coefficient (Wildman–Crippen LogP) is 1.47. The zero-order valence-corrected chi connectivity index (χ0v) is 24.7. The van der Waals surface area contributed by atoms with Crippen LogP contribution in [-0.4, -0.2) is 123 Å². The van der Waals surface area contributed by atoms with Gasteiger partial charge in [-0.3, -0.25) is 14.4 Å². The molecule has 14 heteroatoms. The summed E-state index contributed by atoms with van der Waals surface area (Å²) in [6.07, 6.45) is 4.80. The third-order valence-electron chi connectivity index (χ3n) is 7.06. The number of carbonyl (C=O) groups is 5. The molecule has 41 heavy (non-hydrogen) atoms. The highest BCUT2D eigenvalue weighted by Crippen LogP contribution is 2.36. The lowest BCUT2D eigenvalue weighted by atomic mass is 10.0. The zero-order chi connectivity index (χ0) is 29.5. The van der Waals surface area contributed by atoms with Crippen molar-refractivity contribution in [2.75, 3.05) is 65.7 Å². The quantitative estimate of drug-likeness (QED) is 0.109. The Labute approximate surface area is 245 Å². The summed E-state index contributed by atoms with van der Waals surface area (Å²) >= 11 is 1.93. The molecule has 0 radical (unpaired) electrons. The van der Waals surface area contributed by atoms with Gasteiger partial charge in [0.15, 0.2) is 0 Å². The number of imide groups is 1. The van der Waals surface area contributed by atoms with Crippen molar-refractivity contribution in [1.82, 2.24) is 15.3 Å². The molecule has 0 aliphatic carbocycles. The van der Waals surface area contributed by atoms with Crippen LogP contribution < -0.4 is 5.32 Å². The Kier molecular flexibility index (Phi) is 14.9. The van der Waals surface area contributed by atoms with Crippen LogP contribution in [0.15, 0.2) is 0 Å². The Balaban J connectivity index is 1.02. The molecule has 0 spiro atoms. The van der Waals surface area contributed by atoms with Crippen molar-refractivity contribution in [3.63, 3.8) is 0 Å². The lowest BCUT2D eigenvalue weighted by molar-refractivity contribution is -0.198. The van der Waals surface area contributed by atoms with Crippen LogP contribution in [0.4, 0.5) is 4.79 Å². The molecule has 3 saturated heterocycles. The van der Waals surface area contributed by atoms with Gasteiger partial charge in [-0.05, 0) is 19.3 Å². The Bertz CT molecular complexity index is 875. The van der Waals surface area contributed by atoms with E-state index in [9.17, 15) is 24.0 Å². The van der Waals surface area contributed by atoms with Crippen molar-refractivity contribution in [3.8, 4) is 0 Å². The van der Waals surface area contributed by atoms with Gasteiger partial charge in [0, 0.05) is 50.3 Å². The van der Waals surface area contributed by atoms with E-state index in [1.54, 1.807) is 0 Å². The number of ether oxygens (including phenoxy) is 4. The Morgan fingerprint density at radius 1 is 0.805 bits per heavy atom. The molecule has 232 valence electrons. The summed E-state index contributed by atoms with van der Waals surface area (Å²) < 4.78 is 21.6. The number of Topliss-reactive ketones (excluding diaryl/α,β-unsaturated/α-hetero) is 1. The van der Waals surface area contributed by atoms with Gasteiger partial charge in [0.25, 0.3) is 11.8 Å². The lowest BCUT2D eigenvalue weighted by Crippen LogP contribution is -2.38. The SMILES string of the molecule is CN1C(=O)N[C@H]2CS[C@@H](CCCCC(=O)CCCOCCOCCOCCOCCC(=O)ON3C(=O)CCC3=O)[C@H]21. The van der Waals surface area contributed by atoms with E-state index in [0.717, 1.165) is 25.0 Å². The van der Waals surface area contributed by atoms with Gasteiger partial charge in [-0.25, -0.2) is 9.59 Å². The molecule has 13 nitrogen and oxygen atoms in total. The molecule has 3 rings (SSSR count). The van der Waals surface area contributed by atoms with Crippen LogP contribution in [0.3, 0.4) is 0 Å². The van der Waals surface area contributed by atoms with Crippen LogP contribution >= 0.6 is 11.8 Å². The van der Waals surface area contributed by atoms with Crippen molar-refractivity contribution in [2.24, 2.45) is 0 Å². The number of nitrogens with one attached hydrogen (secondary N) is 1. The van der Waals surface area contributed by atoms with E-state index in [4.69, 9.17) is 23.8 Å². The summed E-state index contributed by atoms with van der Waals surface area (Å²) in [5.41, 5.74) is 0. The monoisotopic (exact) mass is 601 g/mol. The molecule has 3 aliphatic rings. The minimum absolute atomic E-state index is 0.0253. The molecule has 3 fully saturated rings. The molecular formula is C27H43N3O10S. The fraction of sp³-hybridized carbons (Fsp3) is 0.815. The van der Waals surface area contributed by atoms with Crippen molar-refractivity contribution in [1.29, 1.82) is 0 Å². The Hall–Kier alpha value is -2.26. The van der Waals surface area contributed by atoms with Crippen LogP contribution in [0.5, 0.6) is 0 Å². The minimum atomic E-state index is -0.699. The molecule has 3 heterocycles. The summed E-state index contributed by atoms with van der Waals surface area (Å²) in [6.45, 7) is 2.94. The third kappa shape index (κ3) is 11.5. The summed E-state index contributed by atoms with van der Waals surface area (Å²) in [4.78, 5) is 64.9. The highest BCUT2D eigenvalue weighted by atomic mass is 32.2. The smallest absolute Gasteiger partial charge is 0.335 e. The van der Waals surface area contributed by atoms with Gasteiger partial charge in [0.1, 0.15) is 5.78 Å². The number of nitrogens with zero attached hydrogens (tertiary/aromatic N) is 2. The Morgan fingerprint density at radius 2 is 1.39 bits per heavy atom. The maximum absolute atomic E-state index is 12.1. The van der Waals surface area contributed by atoms with E-state index < -0.39 is 17.8 Å². The molecule has 3 aliphatic heterocycles. The van der Waals surface area contributed by atoms with Crippen molar-refractivity contribution in [2.45, 2.75) is 75.1 Å². The summed E-state index contributed by atoms with van der Waals surface area (Å²) in [5, 5.41) is 4.01. The van der Waals surface area contributed by atoms with E-state index in [1.807, 2.05) is 23.7 Å². The molecular weight excluding hydrogens is 558 g/mol. The molecule has 0 aromatic heterocycles. The molecule has 4 amide bonds. The number of hydrogen-bond acceptors (Lipinski definition) is 11. The summed E-state index contributed by atoms with van der Waals surface area (Å²) in [6, 6.07) is 0.563. The number of likely N-dealkylation sites (N-methyl/N-ethyl adjacent to an activating group) is 1. The average Bonchev–Trinajstić information content (AvgIpc) is 3.58. The summed E-state index contributed by atoms with van der Waals surface area (Å²) in [5.74, 6) is -0.476. The van der Waals surface area contributed by atoms with E-state index in [1.165, 1.54) is 0 Å². The third-order valence-corrected chi connectivity index (χ3v) is 8.56. The molecule has 3 atom stereocenters. The van der Waals surface area contributed by atoms with Gasteiger partial charge in [-0.1, -0.05) is 6.42 Å². The van der Waals surface area contributed by atoms with E-state index in [0.29, 0.717) is 69.2 Å². The minimum Gasteiger partial charge on any atom is -0.379 e. The molecule has 1 N–H and O–H groups in total. The first kappa shape index (κ1) is 33.2. The highest BCUT2D eigenvalue weighted by Gasteiger charge is 2.46. The predicted molar refractivity (Wildman–Crippen MR) is 148 cm³/mol. The van der Waals surface area contributed by atoms with E-state index in [2.05, 4.69) is 5.32 Å². The van der Waals surface area contributed by atoms with E-state index in [-0.39, 0.29) is 56.4 Å². The highest BCUT2D eigenvalue weighted by molar-refractivity contribution is 8.00. The second-order valence-electron chi connectivity index (χ2n) is 10.2. The maximum atomic E-state index is 12.1. The van der Waals surface area contributed by atoms with Crippen molar-refractivity contribution in [3.05, 3.63) is 0 Å². The number of urea groups is 1. The number of hydroxylamine groups is 2. The molecule has 0 saturated carbocycles. The zero-order valence-electron chi connectivity index (χ0n) is 23.8. The molecule has 0 bridgehead atoms. The summed E-state index contributed by atoms with van der Waals surface area (Å²) in [7, 11) is 1.87. The fourth-order valence-corrected chi connectivity index (χ4v) is 6.50. The number of amides is 4. The normalized spacial score (nSPS) is 22.0. The number of rotatable bonds is 22. The van der Waals surface area contributed by atoms with Crippen LogP contribution in [0.25, 0.3) is 0 Å². The second-order valence-corrected chi connectivity index (χ2v) is 11.4. The number of hydrogen-bond donors (Lipinski definition) is 1. The van der Waals surface area contributed by atoms with E-state index >= 15 is 0 Å². The molecule has 0 aromatic rings. The molecule has 0 unspecified atom stereocenters. The largest absolute Gasteiger partial charge is 0.379 e. The van der Waals surface area contributed by atoms with Crippen LogP contribution in [0.2, 0.25) is 0 Å². The number of fused-ring (bicyclic) bond motifs is 1. The van der Waals surface area contributed by atoms with Gasteiger partial charge in [0.2, 0.25) is 0 Å². The average molecular weight is 602 g/mol. The van der Waals surface area contributed by atoms with Crippen LogP contribution in [0.1, 0.15) is 57.8 Å². The van der Waals surface area contributed by atoms with Gasteiger partial charge in [-0.15, -0.1) is 5.06 Å². The lowest BCUT2D eigenvalue weighted by Gasteiger charge is -2.23.